The monoisotopic (exact) mass is 244 g/mol. The second-order valence-corrected chi connectivity index (χ2v) is 5.17. The van der Waals surface area contributed by atoms with Crippen molar-refractivity contribution in [1.82, 2.24) is 0 Å². The minimum atomic E-state index is -0.255. The van der Waals surface area contributed by atoms with Gasteiger partial charge in [-0.05, 0) is 42.9 Å². The summed E-state index contributed by atoms with van der Waals surface area (Å²) in [6, 6.07) is 5.97. The lowest BCUT2D eigenvalue weighted by Gasteiger charge is -2.04. The van der Waals surface area contributed by atoms with Crippen molar-refractivity contribution in [3.05, 3.63) is 34.9 Å². The van der Waals surface area contributed by atoms with Gasteiger partial charge in [0.1, 0.15) is 0 Å². The molecular weight excluding hydrogens is 228 g/mol. The Hall–Kier alpha value is -1.64. The van der Waals surface area contributed by atoms with Crippen molar-refractivity contribution in [3.63, 3.8) is 0 Å². The van der Waals surface area contributed by atoms with E-state index < -0.39 is 0 Å². The van der Waals surface area contributed by atoms with Gasteiger partial charge in [0.05, 0.1) is 13.0 Å². The first kappa shape index (κ1) is 11.5. The fourth-order valence-electron chi connectivity index (χ4n) is 2.84. The summed E-state index contributed by atoms with van der Waals surface area (Å²) in [4.78, 5) is 23.6. The number of ether oxygens (including phenoxy) is 1. The van der Waals surface area contributed by atoms with Crippen LogP contribution in [0, 0.1) is 11.8 Å². The number of hydrogen-bond acceptors (Lipinski definition) is 3. The van der Waals surface area contributed by atoms with Gasteiger partial charge in [-0.25, -0.2) is 0 Å². The van der Waals surface area contributed by atoms with E-state index in [4.69, 9.17) is 0 Å². The maximum atomic E-state index is 12.2. The van der Waals surface area contributed by atoms with E-state index in [2.05, 4.69) is 10.8 Å². The number of benzene rings is 1. The first-order valence-corrected chi connectivity index (χ1v) is 6.44. The van der Waals surface area contributed by atoms with Gasteiger partial charge in [-0.2, -0.15) is 0 Å². The van der Waals surface area contributed by atoms with Gasteiger partial charge in [0, 0.05) is 11.5 Å². The number of aryl methyl sites for hydroxylation is 2. The molecule has 0 aromatic heterocycles. The van der Waals surface area contributed by atoms with Crippen molar-refractivity contribution in [2.45, 2.75) is 25.7 Å². The van der Waals surface area contributed by atoms with Gasteiger partial charge in [0.15, 0.2) is 5.78 Å². The molecule has 2 aliphatic rings. The zero-order valence-electron chi connectivity index (χ0n) is 10.4. The molecule has 1 saturated carbocycles. The number of hydrogen-bond donors (Lipinski definition) is 0. The van der Waals surface area contributed by atoms with Crippen LogP contribution in [0.1, 0.15) is 34.3 Å². The van der Waals surface area contributed by atoms with Crippen LogP contribution >= 0.6 is 0 Å². The Morgan fingerprint density at radius 3 is 2.72 bits per heavy atom. The molecule has 3 rings (SSSR count). The highest BCUT2D eigenvalue weighted by molar-refractivity contribution is 6.03. The van der Waals surface area contributed by atoms with E-state index in [-0.39, 0.29) is 23.6 Å². The lowest BCUT2D eigenvalue weighted by atomic mass is 10.0. The molecule has 2 atom stereocenters. The van der Waals surface area contributed by atoms with Gasteiger partial charge >= 0.3 is 5.97 Å². The van der Waals surface area contributed by atoms with Crippen molar-refractivity contribution in [2.24, 2.45) is 11.8 Å². The van der Waals surface area contributed by atoms with Gasteiger partial charge in [-0.3, -0.25) is 9.59 Å². The Morgan fingerprint density at radius 2 is 1.94 bits per heavy atom. The maximum Gasteiger partial charge on any atom is 0.309 e. The van der Waals surface area contributed by atoms with Gasteiger partial charge in [0.2, 0.25) is 0 Å². The number of ketones is 1. The molecule has 0 saturated heterocycles. The highest BCUT2D eigenvalue weighted by atomic mass is 16.5. The molecule has 0 radical (unpaired) electrons. The van der Waals surface area contributed by atoms with Gasteiger partial charge < -0.3 is 4.74 Å². The van der Waals surface area contributed by atoms with Gasteiger partial charge in [-0.15, -0.1) is 0 Å². The second-order valence-electron chi connectivity index (χ2n) is 5.17. The fraction of sp³-hybridized carbons (Fsp3) is 0.467. The average molecular weight is 244 g/mol. The number of carbonyl (C=O) groups excluding carboxylic acids is 2. The molecule has 1 aromatic rings. The third kappa shape index (κ3) is 1.84. The molecule has 0 unspecified atom stereocenters. The lowest BCUT2D eigenvalue weighted by molar-refractivity contribution is -0.142. The molecule has 0 aliphatic heterocycles. The lowest BCUT2D eigenvalue weighted by Crippen LogP contribution is -2.10. The number of rotatable bonds is 3. The van der Waals surface area contributed by atoms with E-state index in [1.165, 1.54) is 24.7 Å². The summed E-state index contributed by atoms with van der Waals surface area (Å²) < 4.78 is 4.67. The molecule has 0 N–H and O–H groups in total. The summed E-state index contributed by atoms with van der Waals surface area (Å²) in [5, 5.41) is 0. The van der Waals surface area contributed by atoms with Crippen molar-refractivity contribution in [3.8, 4) is 0 Å². The normalized spacial score (nSPS) is 24.5. The highest BCUT2D eigenvalue weighted by Crippen LogP contribution is 2.42. The summed E-state index contributed by atoms with van der Waals surface area (Å²) in [6.45, 7) is 0. The van der Waals surface area contributed by atoms with E-state index in [1.54, 1.807) is 0 Å². The van der Waals surface area contributed by atoms with Crippen LogP contribution in [0.15, 0.2) is 18.2 Å². The first-order valence-electron chi connectivity index (χ1n) is 6.44. The van der Waals surface area contributed by atoms with Crippen LogP contribution < -0.4 is 0 Å². The summed E-state index contributed by atoms with van der Waals surface area (Å²) in [6.07, 6.45) is 4.02. The van der Waals surface area contributed by atoms with E-state index in [9.17, 15) is 9.59 Å². The Bertz CT molecular complexity index is 518. The SMILES string of the molecule is COC(=O)[C@@H]1C[C@H]1C(=O)c1ccc2c(c1)CCC2. The standard InChI is InChI=1S/C15H16O3/c1-18-15(17)13-8-12(13)14(16)11-6-5-9-3-2-4-10(9)7-11/h5-7,12-13H,2-4,8H2,1H3/t12-,13-/m1/s1. The molecule has 3 nitrogen and oxygen atoms in total. The van der Waals surface area contributed by atoms with E-state index in [0.29, 0.717) is 6.42 Å². The Morgan fingerprint density at radius 1 is 1.17 bits per heavy atom. The van der Waals surface area contributed by atoms with Crippen molar-refractivity contribution < 1.29 is 14.3 Å². The van der Waals surface area contributed by atoms with Gasteiger partial charge in [0.25, 0.3) is 0 Å². The fourth-order valence-corrected chi connectivity index (χ4v) is 2.84. The quantitative estimate of drug-likeness (QED) is 0.604. The zero-order chi connectivity index (χ0) is 12.7. The van der Waals surface area contributed by atoms with Crippen molar-refractivity contribution in [1.29, 1.82) is 0 Å². The Labute approximate surface area is 106 Å². The number of carbonyl (C=O) groups is 2. The van der Waals surface area contributed by atoms with Crippen LogP contribution in [0.25, 0.3) is 0 Å². The van der Waals surface area contributed by atoms with E-state index in [1.807, 2.05) is 12.1 Å². The molecule has 3 heteroatoms. The van der Waals surface area contributed by atoms with Crippen LogP contribution in [0.2, 0.25) is 0 Å². The minimum Gasteiger partial charge on any atom is -0.469 e. The number of fused-ring (bicyclic) bond motifs is 1. The zero-order valence-corrected chi connectivity index (χ0v) is 10.4. The summed E-state index contributed by atoms with van der Waals surface area (Å²) in [7, 11) is 1.37. The summed E-state index contributed by atoms with van der Waals surface area (Å²) in [5.74, 6) is -0.526. The molecule has 94 valence electrons. The van der Waals surface area contributed by atoms with Gasteiger partial charge in [-0.1, -0.05) is 12.1 Å². The molecule has 0 bridgehead atoms. The minimum absolute atomic E-state index is 0.0973. The van der Waals surface area contributed by atoms with Crippen LogP contribution in [0.5, 0.6) is 0 Å². The number of Topliss-reactive ketones (excluding diaryl/α,β-unsaturated/α-hetero) is 1. The van der Waals surface area contributed by atoms with Crippen LogP contribution in [0.4, 0.5) is 0 Å². The Kier molecular flexibility index (Phi) is 2.69. The third-order valence-corrected chi connectivity index (χ3v) is 4.01. The average Bonchev–Trinajstić information content (AvgIpc) is 3.06. The molecule has 0 heterocycles. The number of esters is 1. The van der Waals surface area contributed by atoms with Crippen LogP contribution in [-0.2, 0) is 22.4 Å². The summed E-state index contributed by atoms with van der Waals surface area (Å²) in [5.41, 5.74) is 3.43. The molecule has 2 aliphatic carbocycles. The Balaban J connectivity index is 1.76. The highest BCUT2D eigenvalue weighted by Gasteiger charge is 2.48. The molecule has 1 fully saturated rings. The molecule has 1 aromatic carbocycles. The van der Waals surface area contributed by atoms with E-state index >= 15 is 0 Å². The molecule has 18 heavy (non-hydrogen) atoms. The molecular formula is C15H16O3. The largest absolute Gasteiger partial charge is 0.469 e. The van der Waals surface area contributed by atoms with E-state index in [0.717, 1.165) is 18.4 Å². The van der Waals surface area contributed by atoms with Crippen LogP contribution in [0.3, 0.4) is 0 Å². The molecule has 0 spiro atoms. The molecule has 0 amide bonds. The van der Waals surface area contributed by atoms with Crippen molar-refractivity contribution >= 4 is 11.8 Å². The smallest absolute Gasteiger partial charge is 0.309 e. The second kappa shape index (κ2) is 4.23. The third-order valence-electron chi connectivity index (χ3n) is 4.01. The maximum absolute atomic E-state index is 12.2. The number of methoxy groups -OCH3 is 1. The predicted octanol–water partition coefficient (Wildman–Crippen LogP) is 2.17. The first-order chi connectivity index (χ1) is 8.70. The predicted molar refractivity (Wildman–Crippen MR) is 66.4 cm³/mol. The van der Waals surface area contributed by atoms with Crippen molar-refractivity contribution in [2.75, 3.05) is 7.11 Å². The van der Waals surface area contributed by atoms with Crippen LogP contribution in [-0.4, -0.2) is 18.9 Å². The summed E-state index contributed by atoms with van der Waals surface area (Å²) >= 11 is 0. The topological polar surface area (TPSA) is 43.4 Å².